The third-order valence-corrected chi connectivity index (χ3v) is 2.61. The van der Waals surface area contributed by atoms with Gasteiger partial charge in [0.05, 0.1) is 10.9 Å². The molecule has 1 rings (SSSR count). The molecule has 0 radical (unpaired) electrons. The summed E-state index contributed by atoms with van der Waals surface area (Å²) in [5, 5.41) is 10.4. The standard InChI is InChI=1S/C8H8O4S.K/c1-13(11,12)7-4-2-3-6(5-7)8(9)10;/h2-5H,1H3,(H,9,10);/q;+1/p-1. The molecule has 0 saturated heterocycles. The molecule has 0 aliphatic rings. The normalized spacial score (nSPS) is 10.4. The maximum atomic E-state index is 11.0. The molecule has 0 atom stereocenters. The molecule has 1 aromatic carbocycles. The van der Waals surface area contributed by atoms with Crippen molar-refractivity contribution in [3.8, 4) is 0 Å². The molecule has 70 valence electrons. The molecule has 1 aromatic rings. The predicted molar refractivity (Wildman–Crippen MR) is 43.9 cm³/mol. The zero-order chi connectivity index (χ0) is 10.1. The summed E-state index contributed by atoms with van der Waals surface area (Å²) in [6.45, 7) is 0. The van der Waals surface area contributed by atoms with E-state index in [4.69, 9.17) is 0 Å². The van der Waals surface area contributed by atoms with Crippen LogP contribution in [0.3, 0.4) is 0 Å². The third-order valence-electron chi connectivity index (χ3n) is 1.50. The van der Waals surface area contributed by atoms with Crippen LogP contribution in [0.15, 0.2) is 29.2 Å². The second kappa shape index (κ2) is 5.38. The topological polar surface area (TPSA) is 74.3 Å². The predicted octanol–water partition coefficient (Wildman–Crippen LogP) is -3.54. The Bertz CT molecular complexity index is 438. The molecule has 0 unspecified atom stereocenters. The molecule has 0 aliphatic carbocycles. The largest absolute Gasteiger partial charge is 1.00 e. The minimum absolute atomic E-state index is 0. The number of carboxylic acids is 1. The van der Waals surface area contributed by atoms with Crippen molar-refractivity contribution in [3.63, 3.8) is 0 Å². The number of rotatable bonds is 2. The fraction of sp³-hybridized carbons (Fsp3) is 0.125. The maximum absolute atomic E-state index is 11.0. The number of sulfone groups is 1. The Balaban J connectivity index is 0.00000169. The van der Waals surface area contributed by atoms with Crippen molar-refractivity contribution in [1.82, 2.24) is 0 Å². The number of carbonyl (C=O) groups is 1. The van der Waals surface area contributed by atoms with E-state index < -0.39 is 15.8 Å². The van der Waals surface area contributed by atoms with Gasteiger partial charge in [-0.05, 0) is 17.7 Å². The Labute approximate surface area is 125 Å². The number of benzene rings is 1. The summed E-state index contributed by atoms with van der Waals surface area (Å²) in [5.74, 6) is -1.38. The smallest absolute Gasteiger partial charge is 0.545 e. The van der Waals surface area contributed by atoms with E-state index >= 15 is 0 Å². The molecule has 0 bridgehead atoms. The summed E-state index contributed by atoms with van der Waals surface area (Å²) in [5.41, 5.74) is -0.136. The Hall–Kier alpha value is 0.276. The molecule has 0 aliphatic heterocycles. The van der Waals surface area contributed by atoms with Gasteiger partial charge in [-0.3, -0.25) is 0 Å². The van der Waals surface area contributed by atoms with E-state index in [2.05, 4.69) is 0 Å². The van der Waals surface area contributed by atoms with Crippen molar-refractivity contribution < 1.29 is 69.7 Å². The van der Waals surface area contributed by atoms with Crippen LogP contribution in [0.4, 0.5) is 0 Å². The second-order valence-corrected chi connectivity index (χ2v) is 4.60. The number of carboxylic acid groups (broad SMARTS) is 1. The number of aromatic carboxylic acids is 1. The molecule has 0 spiro atoms. The van der Waals surface area contributed by atoms with Gasteiger partial charge in [-0.2, -0.15) is 0 Å². The zero-order valence-corrected chi connectivity index (χ0v) is 11.8. The van der Waals surface area contributed by atoms with E-state index in [1.807, 2.05) is 0 Å². The summed E-state index contributed by atoms with van der Waals surface area (Å²) >= 11 is 0. The molecular weight excluding hydrogens is 231 g/mol. The fourth-order valence-electron chi connectivity index (χ4n) is 0.854. The van der Waals surface area contributed by atoms with Gasteiger partial charge < -0.3 is 9.90 Å². The van der Waals surface area contributed by atoms with Crippen molar-refractivity contribution in [1.29, 1.82) is 0 Å². The van der Waals surface area contributed by atoms with Gasteiger partial charge in [-0.15, -0.1) is 0 Å². The summed E-state index contributed by atoms with van der Waals surface area (Å²) in [6.07, 6.45) is 1.02. The van der Waals surface area contributed by atoms with E-state index in [9.17, 15) is 18.3 Å². The molecule has 0 aromatic heterocycles. The van der Waals surface area contributed by atoms with E-state index in [0.717, 1.165) is 12.3 Å². The molecule has 0 N–H and O–H groups in total. The van der Waals surface area contributed by atoms with Gasteiger partial charge in [-0.25, -0.2) is 8.42 Å². The van der Waals surface area contributed by atoms with Gasteiger partial charge in [-0.1, -0.05) is 12.1 Å². The average Bonchev–Trinajstić information content (AvgIpc) is 2.03. The molecule has 4 nitrogen and oxygen atoms in total. The monoisotopic (exact) mass is 238 g/mol. The third kappa shape index (κ3) is 3.80. The quantitative estimate of drug-likeness (QED) is 0.500. The first-order valence-electron chi connectivity index (χ1n) is 3.43. The van der Waals surface area contributed by atoms with Crippen molar-refractivity contribution in [3.05, 3.63) is 29.8 Å². The van der Waals surface area contributed by atoms with Crippen LogP contribution in [0.25, 0.3) is 0 Å². The second-order valence-electron chi connectivity index (χ2n) is 2.59. The van der Waals surface area contributed by atoms with Crippen molar-refractivity contribution >= 4 is 15.8 Å². The molecule has 0 heterocycles. The summed E-state index contributed by atoms with van der Waals surface area (Å²) in [4.78, 5) is 10.4. The van der Waals surface area contributed by atoms with Gasteiger partial charge >= 0.3 is 51.4 Å². The first-order chi connectivity index (χ1) is 5.91. The Morgan fingerprint density at radius 3 is 2.36 bits per heavy atom. The van der Waals surface area contributed by atoms with Gasteiger partial charge in [0, 0.05) is 6.26 Å². The maximum Gasteiger partial charge on any atom is 1.00 e. The SMILES string of the molecule is CS(=O)(=O)c1cccc(C(=O)[O-])c1.[K+]. The Kier molecular flexibility index (Phi) is 5.49. The van der Waals surface area contributed by atoms with Gasteiger partial charge in [0.1, 0.15) is 0 Å². The number of hydrogen-bond acceptors (Lipinski definition) is 4. The van der Waals surface area contributed by atoms with Crippen LogP contribution in [0.2, 0.25) is 0 Å². The fourth-order valence-corrected chi connectivity index (χ4v) is 1.52. The van der Waals surface area contributed by atoms with Crippen LogP contribution in [-0.4, -0.2) is 20.6 Å². The molecular formula is C8H7KO4S. The van der Waals surface area contributed by atoms with E-state index in [1.54, 1.807) is 0 Å². The molecule has 0 amide bonds. The van der Waals surface area contributed by atoms with Gasteiger partial charge in [0.15, 0.2) is 9.84 Å². The van der Waals surface area contributed by atoms with Gasteiger partial charge in [0.2, 0.25) is 0 Å². The van der Waals surface area contributed by atoms with Crippen molar-refractivity contribution in [2.75, 3.05) is 6.26 Å². The van der Waals surface area contributed by atoms with E-state index in [1.165, 1.54) is 18.2 Å². The Morgan fingerprint density at radius 2 is 1.93 bits per heavy atom. The molecule has 0 saturated carbocycles. The number of hydrogen-bond donors (Lipinski definition) is 0. The van der Waals surface area contributed by atoms with Crippen LogP contribution >= 0.6 is 0 Å². The van der Waals surface area contributed by atoms with Crippen LogP contribution < -0.4 is 56.5 Å². The molecule has 0 fully saturated rings. The zero-order valence-electron chi connectivity index (χ0n) is 7.85. The molecule has 6 heteroatoms. The number of carbonyl (C=O) groups excluding carboxylic acids is 1. The van der Waals surface area contributed by atoms with Crippen LogP contribution in [0.1, 0.15) is 10.4 Å². The molecule has 14 heavy (non-hydrogen) atoms. The van der Waals surface area contributed by atoms with E-state index in [0.29, 0.717) is 0 Å². The summed E-state index contributed by atoms with van der Waals surface area (Å²) in [6, 6.07) is 5.05. The first kappa shape index (κ1) is 14.3. The van der Waals surface area contributed by atoms with E-state index in [-0.39, 0.29) is 61.8 Å². The average molecular weight is 238 g/mol. The van der Waals surface area contributed by atoms with Crippen LogP contribution in [0.5, 0.6) is 0 Å². The minimum Gasteiger partial charge on any atom is -0.545 e. The Morgan fingerprint density at radius 1 is 1.36 bits per heavy atom. The van der Waals surface area contributed by atoms with Crippen LogP contribution in [0, 0.1) is 0 Å². The van der Waals surface area contributed by atoms with Crippen LogP contribution in [-0.2, 0) is 9.84 Å². The summed E-state index contributed by atoms with van der Waals surface area (Å²) in [7, 11) is -3.35. The van der Waals surface area contributed by atoms with Gasteiger partial charge in [0.25, 0.3) is 0 Å². The summed E-state index contributed by atoms with van der Waals surface area (Å²) < 4.78 is 22.0. The first-order valence-corrected chi connectivity index (χ1v) is 5.32. The van der Waals surface area contributed by atoms with Crippen molar-refractivity contribution in [2.24, 2.45) is 0 Å². The van der Waals surface area contributed by atoms with Crippen molar-refractivity contribution in [2.45, 2.75) is 4.90 Å². The minimum atomic E-state index is -3.35.